The Morgan fingerprint density at radius 3 is 2.75 bits per heavy atom. The van der Waals surface area contributed by atoms with Crippen molar-refractivity contribution in [1.29, 1.82) is 0 Å². The van der Waals surface area contributed by atoms with Gasteiger partial charge in [-0.2, -0.15) is 0 Å². The highest BCUT2D eigenvalue weighted by molar-refractivity contribution is 7.07. The van der Waals surface area contributed by atoms with Crippen LogP contribution in [0.15, 0.2) is 6.20 Å². The van der Waals surface area contributed by atoms with Crippen molar-refractivity contribution in [3.8, 4) is 0 Å². The maximum absolute atomic E-state index is 11.5. The van der Waals surface area contributed by atoms with E-state index in [1.54, 1.807) is 0 Å². The van der Waals surface area contributed by atoms with Gasteiger partial charge in [0.25, 0.3) is 5.91 Å². The fourth-order valence-electron chi connectivity index (χ4n) is 1.67. The highest BCUT2D eigenvalue weighted by Crippen LogP contribution is 2.40. The number of hydrogen-bond acceptors (Lipinski definition) is 5. The van der Waals surface area contributed by atoms with E-state index in [4.69, 9.17) is 5.11 Å². The molecule has 0 spiro atoms. The number of amides is 1. The summed E-state index contributed by atoms with van der Waals surface area (Å²) in [5.74, 6) is -1.14. The SMILES string of the molecule is O=C(NCC1(C(=O)O)CCC1)c1cnns1. The first-order chi connectivity index (χ1) is 7.64. The normalized spacial score (nSPS) is 17.5. The van der Waals surface area contributed by atoms with E-state index in [9.17, 15) is 9.59 Å². The van der Waals surface area contributed by atoms with E-state index < -0.39 is 11.4 Å². The van der Waals surface area contributed by atoms with Crippen molar-refractivity contribution in [3.05, 3.63) is 11.1 Å². The highest BCUT2D eigenvalue weighted by Gasteiger charge is 2.44. The van der Waals surface area contributed by atoms with Gasteiger partial charge in [-0.15, -0.1) is 5.10 Å². The maximum atomic E-state index is 11.5. The minimum Gasteiger partial charge on any atom is -0.481 e. The molecule has 1 heterocycles. The molecule has 6 nitrogen and oxygen atoms in total. The summed E-state index contributed by atoms with van der Waals surface area (Å²) in [6, 6.07) is 0. The van der Waals surface area contributed by atoms with Gasteiger partial charge >= 0.3 is 5.97 Å². The van der Waals surface area contributed by atoms with Crippen LogP contribution in [0.3, 0.4) is 0 Å². The van der Waals surface area contributed by atoms with Crippen LogP contribution in [0.2, 0.25) is 0 Å². The van der Waals surface area contributed by atoms with Gasteiger partial charge in [0, 0.05) is 6.54 Å². The molecule has 1 saturated carbocycles. The molecule has 0 aliphatic heterocycles. The second-order valence-corrected chi connectivity index (χ2v) is 4.69. The molecular formula is C9H11N3O3S. The molecule has 1 amide bonds. The van der Waals surface area contributed by atoms with E-state index in [1.165, 1.54) is 6.20 Å². The molecule has 1 aliphatic carbocycles. The Balaban J connectivity index is 1.92. The molecular weight excluding hydrogens is 230 g/mol. The van der Waals surface area contributed by atoms with Gasteiger partial charge in [-0.25, -0.2) is 0 Å². The molecule has 16 heavy (non-hydrogen) atoms. The average molecular weight is 241 g/mol. The minimum atomic E-state index is -0.832. The largest absolute Gasteiger partial charge is 0.481 e. The van der Waals surface area contributed by atoms with Crippen LogP contribution in [-0.2, 0) is 4.79 Å². The van der Waals surface area contributed by atoms with Crippen molar-refractivity contribution >= 4 is 23.4 Å². The number of aliphatic carboxylic acids is 1. The summed E-state index contributed by atoms with van der Waals surface area (Å²) in [5.41, 5.74) is -0.756. The lowest BCUT2D eigenvalue weighted by Crippen LogP contribution is -2.47. The van der Waals surface area contributed by atoms with Crippen LogP contribution in [0.5, 0.6) is 0 Å². The van der Waals surface area contributed by atoms with E-state index >= 15 is 0 Å². The first-order valence-corrected chi connectivity index (χ1v) is 5.70. The number of aromatic nitrogens is 2. The summed E-state index contributed by atoms with van der Waals surface area (Å²) in [6.07, 6.45) is 3.53. The summed E-state index contributed by atoms with van der Waals surface area (Å²) in [4.78, 5) is 23.0. The van der Waals surface area contributed by atoms with Crippen molar-refractivity contribution in [2.75, 3.05) is 6.54 Å². The third-order valence-electron chi connectivity index (χ3n) is 2.94. The Morgan fingerprint density at radius 2 is 2.31 bits per heavy atom. The molecule has 0 aromatic carbocycles. The van der Waals surface area contributed by atoms with Gasteiger partial charge in [0.1, 0.15) is 4.88 Å². The summed E-state index contributed by atoms with van der Waals surface area (Å²) in [5, 5.41) is 15.2. The molecule has 1 aliphatic rings. The Morgan fingerprint density at radius 1 is 1.56 bits per heavy atom. The molecule has 0 radical (unpaired) electrons. The summed E-state index contributed by atoms with van der Waals surface area (Å²) < 4.78 is 3.57. The summed E-state index contributed by atoms with van der Waals surface area (Å²) in [7, 11) is 0. The molecule has 0 unspecified atom stereocenters. The third kappa shape index (κ3) is 1.90. The topological polar surface area (TPSA) is 92.2 Å². The number of hydrogen-bond donors (Lipinski definition) is 2. The van der Waals surface area contributed by atoms with Gasteiger partial charge in [-0.05, 0) is 24.4 Å². The fraction of sp³-hybridized carbons (Fsp3) is 0.556. The van der Waals surface area contributed by atoms with Gasteiger partial charge in [0.05, 0.1) is 11.6 Å². The molecule has 0 atom stereocenters. The van der Waals surface area contributed by atoms with Crippen molar-refractivity contribution < 1.29 is 14.7 Å². The second kappa shape index (κ2) is 4.17. The van der Waals surface area contributed by atoms with E-state index in [-0.39, 0.29) is 12.5 Å². The van der Waals surface area contributed by atoms with Gasteiger partial charge in [-0.3, -0.25) is 9.59 Å². The van der Waals surface area contributed by atoms with Crippen LogP contribution >= 0.6 is 11.5 Å². The van der Waals surface area contributed by atoms with E-state index in [2.05, 4.69) is 14.9 Å². The zero-order valence-corrected chi connectivity index (χ0v) is 9.29. The Bertz CT molecular complexity index is 400. The number of nitrogens with zero attached hydrogens (tertiary/aromatic N) is 2. The zero-order chi connectivity index (χ0) is 11.6. The Hall–Kier alpha value is -1.50. The van der Waals surface area contributed by atoms with Crippen LogP contribution < -0.4 is 5.32 Å². The smallest absolute Gasteiger partial charge is 0.311 e. The summed E-state index contributed by atoms with van der Waals surface area (Å²) >= 11 is 0.995. The van der Waals surface area contributed by atoms with Crippen molar-refractivity contribution in [3.63, 3.8) is 0 Å². The summed E-state index contributed by atoms with van der Waals surface area (Å²) in [6.45, 7) is 0.180. The lowest BCUT2D eigenvalue weighted by atomic mass is 9.69. The van der Waals surface area contributed by atoms with Crippen LogP contribution in [-0.4, -0.2) is 33.1 Å². The monoisotopic (exact) mass is 241 g/mol. The van der Waals surface area contributed by atoms with Gasteiger partial charge < -0.3 is 10.4 Å². The predicted molar refractivity (Wildman–Crippen MR) is 56.2 cm³/mol. The quantitative estimate of drug-likeness (QED) is 0.801. The van der Waals surface area contributed by atoms with Crippen LogP contribution in [0, 0.1) is 5.41 Å². The Kier molecular flexibility index (Phi) is 2.86. The number of carbonyl (C=O) groups is 2. The highest BCUT2D eigenvalue weighted by atomic mass is 32.1. The van der Waals surface area contributed by atoms with Gasteiger partial charge in [0.2, 0.25) is 0 Å². The molecule has 1 aromatic rings. The van der Waals surface area contributed by atoms with E-state index in [1.807, 2.05) is 0 Å². The second-order valence-electron chi connectivity index (χ2n) is 3.90. The van der Waals surface area contributed by atoms with E-state index in [0.29, 0.717) is 17.7 Å². The zero-order valence-electron chi connectivity index (χ0n) is 8.47. The number of carboxylic acid groups (broad SMARTS) is 1. The molecule has 0 saturated heterocycles. The van der Waals surface area contributed by atoms with E-state index in [0.717, 1.165) is 18.0 Å². The van der Waals surface area contributed by atoms with Crippen molar-refractivity contribution in [2.24, 2.45) is 5.41 Å². The maximum Gasteiger partial charge on any atom is 0.311 e. The number of carbonyl (C=O) groups excluding carboxylic acids is 1. The Labute approximate surface area is 95.8 Å². The van der Waals surface area contributed by atoms with Gasteiger partial charge in [0.15, 0.2) is 0 Å². The fourth-order valence-corrected chi connectivity index (χ4v) is 2.11. The molecule has 0 bridgehead atoms. The molecule has 2 N–H and O–H groups in total. The number of carboxylic acids is 1. The lowest BCUT2D eigenvalue weighted by molar-refractivity contribution is -0.153. The number of nitrogens with one attached hydrogen (secondary N) is 1. The van der Waals surface area contributed by atoms with Gasteiger partial charge in [-0.1, -0.05) is 10.9 Å². The molecule has 2 rings (SSSR count). The first-order valence-electron chi connectivity index (χ1n) is 4.93. The van der Waals surface area contributed by atoms with Crippen LogP contribution in [0.4, 0.5) is 0 Å². The van der Waals surface area contributed by atoms with Crippen molar-refractivity contribution in [1.82, 2.24) is 14.9 Å². The lowest BCUT2D eigenvalue weighted by Gasteiger charge is -2.37. The average Bonchev–Trinajstić information content (AvgIpc) is 2.67. The van der Waals surface area contributed by atoms with Crippen LogP contribution in [0.25, 0.3) is 0 Å². The van der Waals surface area contributed by atoms with Crippen molar-refractivity contribution in [2.45, 2.75) is 19.3 Å². The minimum absolute atomic E-state index is 0.180. The molecule has 1 aromatic heterocycles. The molecule has 7 heteroatoms. The number of rotatable bonds is 4. The predicted octanol–water partition coefficient (Wildman–Crippen LogP) is 0.523. The third-order valence-corrected chi connectivity index (χ3v) is 3.60. The molecule has 86 valence electrons. The molecule has 1 fully saturated rings. The first kappa shape index (κ1) is 11.0. The standard InChI is InChI=1S/C9H11N3O3S/c13-7(6-4-11-12-16-6)10-5-9(8(14)15)2-1-3-9/h4H,1-3,5H2,(H,10,13)(H,14,15). The van der Waals surface area contributed by atoms with Crippen LogP contribution in [0.1, 0.15) is 28.9 Å².